The summed E-state index contributed by atoms with van der Waals surface area (Å²) < 4.78 is 5.78. The molecule has 0 aliphatic carbocycles. The zero-order valence-corrected chi connectivity index (χ0v) is 14.5. The van der Waals surface area contributed by atoms with Gasteiger partial charge in [-0.1, -0.05) is 0 Å². The Kier molecular flexibility index (Phi) is 4.69. The van der Waals surface area contributed by atoms with Gasteiger partial charge in [-0.15, -0.1) is 0 Å². The molecule has 3 aliphatic rings. The molecule has 126 valence electrons. The molecular weight excluding hydrogens is 308 g/mol. The predicted octanol–water partition coefficient (Wildman–Crippen LogP) is 2.25. The monoisotopic (exact) mass is 334 g/mol. The summed E-state index contributed by atoms with van der Waals surface area (Å²) in [5, 5.41) is 4.14. The highest BCUT2D eigenvalue weighted by molar-refractivity contribution is 7.07. The van der Waals surface area contributed by atoms with Gasteiger partial charge in [0, 0.05) is 32.8 Å². The normalized spacial score (nSPS) is 31.5. The standard InChI is InChI=1S/C18H26N2O2S/c21-18(8-14-4-7-23-13-14)20-10-15-3-5-19(9-16(15)11-20)12-17-2-1-6-22-17/h4,7,13,15-17H,1-3,5-6,8-12H2/t15-,16+,17-/m0/s1. The van der Waals surface area contributed by atoms with E-state index in [4.69, 9.17) is 4.74 Å². The first-order valence-electron chi connectivity index (χ1n) is 8.91. The number of thiophene rings is 1. The molecule has 1 amide bonds. The van der Waals surface area contributed by atoms with E-state index in [0.717, 1.165) is 38.3 Å². The molecule has 0 saturated carbocycles. The summed E-state index contributed by atoms with van der Waals surface area (Å²) in [6.45, 7) is 6.28. The Labute approximate surface area is 142 Å². The van der Waals surface area contributed by atoms with E-state index in [9.17, 15) is 4.79 Å². The molecule has 3 aliphatic heterocycles. The van der Waals surface area contributed by atoms with E-state index in [1.807, 2.05) is 0 Å². The minimum atomic E-state index is 0.309. The molecule has 3 fully saturated rings. The van der Waals surface area contributed by atoms with Gasteiger partial charge in [-0.25, -0.2) is 0 Å². The zero-order chi connectivity index (χ0) is 15.6. The topological polar surface area (TPSA) is 32.8 Å². The summed E-state index contributed by atoms with van der Waals surface area (Å²) in [6, 6.07) is 2.06. The van der Waals surface area contributed by atoms with Gasteiger partial charge in [0.15, 0.2) is 0 Å². The van der Waals surface area contributed by atoms with E-state index in [2.05, 4.69) is 26.6 Å². The SMILES string of the molecule is O=C(Cc1ccsc1)N1C[C@H]2CN(C[C@@H]3CCCO3)CC[C@H]2C1. The van der Waals surface area contributed by atoms with Gasteiger partial charge in [-0.05, 0) is 60.0 Å². The number of likely N-dealkylation sites (tertiary alicyclic amines) is 2. The second-order valence-corrected chi connectivity index (χ2v) is 8.09. The number of ether oxygens (including phenoxy) is 1. The number of fused-ring (bicyclic) bond motifs is 1. The van der Waals surface area contributed by atoms with Crippen molar-refractivity contribution in [2.24, 2.45) is 11.8 Å². The first-order chi connectivity index (χ1) is 11.3. The summed E-state index contributed by atoms with van der Waals surface area (Å²) in [6.07, 6.45) is 4.69. The predicted molar refractivity (Wildman–Crippen MR) is 91.6 cm³/mol. The lowest BCUT2D eigenvalue weighted by Crippen LogP contribution is -2.43. The Morgan fingerprint density at radius 1 is 1.26 bits per heavy atom. The van der Waals surface area contributed by atoms with Crippen LogP contribution in [-0.4, -0.2) is 61.1 Å². The van der Waals surface area contributed by atoms with Crippen LogP contribution in [0.5, 0.6) is 0 Å². The van der Waals surface area contributed by atoms with Crippen LogP contribution in [0, 0.1) is 11.8 Å². The second-order valence-electron chi connectivity index (χ2n) is 7.31. The minimum absolute atomic E-state index is 0.309. The molecule has 0 spiro atoms. The average molecular weight is 334 g/mol. The van der Waals surface area contributed by atoms with Crippen molar-refractivity contribution in [3.05, 3.63) is 22.4 Å². The van der Waals surface area contributed by atoms with Crippen molar-refractivity contribution < 1.29 is 9.53 Å². The summed E-state index contributed by atoms with van der Waals surface area (Å²) in [4.78, 5) is 17.2. The summed E-state index contributed by atoms with van der Waals surface area (Å²) in [7, 11) is 0. The highest BCUT2D eigenvalue weighted by Crippen LogP contribution is 2.32. The van der Waals surface area contributed by atoms with Gasteiger partial charge < -0.3 is 14.5 Å². The molecule has 0 N–H and O–H groups in total. The molecule has 4 heterocycles. The van der Waals surface area contributed by atoms with Gasteiger partial charge in [0.2, 0.25) is 5.91 Å². The summed E-state index contributed by atoms with van der Waals surface area (Å²) in [5.41, 5.74) is 1.16. The molecule has 0 bridgehead atoms. The number of nitrogens with zero attached hydrogens (tertiary/aromatic N) is 2. The molecule has 0 unspecified atom stereocenters. The highest BCUT2D eigenvalue weighted by Gasteiger charge is 2.39. The Morgan fingerprint density at radius 2 is 2.17 bits per heavy atom. The molecule has 3 saturated heterocycles. The largest absolute Gasteiger partial charge is 0.377 e. The number of hydrogen-bond donors (Lipinski definition) is 0. The Hall–Kier alpha value is -0.910. The van der Waals surface area contributed by atoms with Crippen molar-refractivity contribution in [3.63, 3.8) is 0 Å². The van der Waals surface area contributed by atoms with Crippen molar-refractivity contribution >= 4 is 17.2 Å². The number of piperidine rings is 1. The van der Waals surface area contributed by atoms with Crippen molar-refractivity contribution in [3.8, 4) is 0 Å². The lowest BCUT2D eigenvalue weighted by Gasteiger charge is -2.35. The molecule has 4 nitrogen and oxygen atoms in total. The average Bonchev–Trinajstić information content (AvgIpc) is 3.27. The first-order valence-corrected chi connectivity index (χ1v) is 9.85. The van der Waals surface area contributed by atoms with Gasteiger partial charge in [0.05, 0.1) is 12.5 Å². The number of rotatable bonds is 4. The number of amides is 1. The molecule has 3 atom stereocenters. The molecule has 0 aromatic carbocycles. The summed E-state index contributed by atoms with van der Waals surface area (Å²) in [5.74, 6) is 1.68. The fourth-order valence-corrected chi connectivity index (χ4v) is 5.04. The molecule has 4 rings (SSSR count). The van der Waals surface area contributed by atoms with Crippen LogP contribution in [0.1, 0.15) is 24.8 Å². The highest BCUT2D eigenvalue weighted by atomic mass is 32.1. The fourth-order valence-electron chi connectivity index (χ4n) is 4.37. The molecule has 1 aromatic rings. The van der Waals surface area contributed by atoms with E-state index in [1.54, 1.807) is 11.3 Å². The lowest BCUT2D eigenvalue weighted by atomic mass is 9.88. The van der Waals surface area contributed by atoms with Crippen molar-refractivity contribution in [2.45, 2.75) is 31.8 Å². The first kappa shape index (κ1) is 15.6. The van der Waals surface area contributed by atoms with Crippen LogP contribution in [0.3, 0.4) is 0 Å². The zero-order valence-electron chi connectivity index (χ0n) is 13.7. The fraction of sp³-hybridized carbons (Fsp3) is 0.722. The smallest absolute Gasteiger partial charge is 0.227 e. The van der Waals surface area contributed by atoms with Crippen LogP contribution in [0.4, 0.5) is 0 Å². The maximum Gasteiger partial charge on any atom is 0.227 e. The molecule has 0 radical (unpaired) electrons. The third-order valence-electron chi connectivity index (χ3n) is 5.66. The second kappa shape index (κ2) is 6.91. The van der Waals surface area contributed by atoms with Gasteiger partial charge in [0.25, 0.3) is 0 Å². The van der Waals surface area contributed by atoms with E-state index in [1.165, 1.54) is 25.8 Å². The van der Waals surface area contributed by atoms with Crippen molar-refractivity contribution in [1.29, 1.82) is 0 Å². The van der Waals surface area contributed by atoms with Crippen LogP contribution in [0.2, 0.25) is 0 Å². The Bertz CT molecular complexity index is 527. The molecule has 1 aromatic heterocycles. The van der Waals surface area contributed by atoms with Gasteiger partial charge >= 0.3 is 0 Å². The van der Waals surface area contributed by atoms with E-state index >= 15 is 0 Å². The third kappa shape index (κ3) is 3.62. The van der Waals surface area contributed by atoms with Crippen LogP contribution < -0.4 is 0 Å². The molecular formula is C18H26N2O2S. The van der Waals surface area contributed by atoms with Crippen LogP contribution in [-0.2, 0) is 16.0 Å². The number of carbonyl (C=O) groups excluding carboxylic acids is 1. The van der Waals surface area contributed by atoms with Crippen molar-refractivity contribution in [1.82, 2.24) is 9.80 Å². The molecule has 5 heteroatoms. The number of carbonyl (C=O) groups is 1. The maximum atomic E-state index is 12.5. The van der Waals surface area contributed by atoms with Crippen LogP contribution >= 0.6 is 11.3 Å². The van der Waals surface area contributed by atoms with E-state index < -0.39 is 0 Å². The third-order valence-corrected chi connectivity index (χ3v) is 6.39. The Balaban J connectivity index is 1.29. The summed E-state index contributed by atoms with van der Waals surface area (Å²) >= 11 is 1.67. The van der Waals surface area contributed by atoms with Gasteiger partial charge in [-0.3, -0.25) is 4.79 Å². The molecule has 23 heavy (non-hydrogen) atoms. The van der Waals surface area contributed by atoms with E-state index in [0.29, 0.717) is 30.3 Å². The number of hydrogen-bond acceptors (Lipinski definition) is 4. The minimum Gasteiger partial charge on any atom is -0.377 e. The Morgan fingerprint density at radius 3 is 2.96 bits per heavy atom. The quantitative estimate of drug-likeness (QED) is 0.847. The van der Waals surface area contributed by atoms with E-state index in [-0.39, 0.29) is 0 Å². The van der Waals surface area contributed by atoms with Gasteiger partial charge in [-0.2, -0.15) is 11.3 Å². The lowest BCUT2D eigenvalue weighted by molar-refractivity contribution is -0.129. The van der Waals surface area contributed by atoms with Crippen LogP contribution in [0.15, 0.2) is 16.8 Å². The van der Waals surface area contributed by atoms with Crippen LogP contribution in [0.25, 0.3) is 0 Å². The van der Waals surface area contributed by atoms with Gasteiger partial charge in [0.1, 0.15) is 0 Å². The maximum absolute atomic E-state index is 12.5. The van der Waals surface area contributed by atoms with Crippen molar-refractivity contribution in [2.75, 3.05) is 39.3 Å².